The molecule has 6 heteroatoms. The molecule has 1 rings (SSSR count). The van der Waals surface area contributed by atoms with E-state index in [0.29, 0.717) is 6.54 Å². The summed E-state index contributed by atoms with van der Waals surface area (Å²) in [5, 5.41) is 13.9. The van der Waals surface area contributed by atoms with Crippen LogP contribution in [0.2, 0.25) is 0 Å². The second kappa shape index (κ2) is 8.18. The van der Waals surface area contributed by atoms with Crippen LogP contribution >= 0.6 is 15.9 Å². The largest absolute Gasteiger partial charge is 0.385 e. The number of nitro groups is 1. The molecule has 0 radical (unpaired) electrons. The summed E-state index contributed by atoms with van der Waals surface area (Å²) in [5.74, 6) is 0. The normalized spacial score (nSPS) is 10.6. The van der Waals surface area contributed by atoms with Gasteiger partial charge in [-0.05, 0) is 31.0 Å². The third-order valence-corrected chi connectivity index (χ3v) is 3.25. The van der Waals surface area contributed by atoms with Gasteiger partial charge >= 0.3 is 0 Å². The van der Waals surface area contributed by atoms with E-state index in [9.17, 15) is 10.1 Å². The van der Waals surface area contributed by atoms with E-state index in [1.54, 1.807) is 13.2 Å². The van der Waals surface area contributed by atoms with Gasteiger partial charge in [-0.15, -0.1) is 0 Å². The minimum Gasteiger partial charge on any atom is -0.385 e. The summed E-state index contributed by atoms with van der Waals surface area (Å²) < 4.78 is 5.73. The number of nitro benzene ring substituents is 1. The lowest BCUT2D eigenvalue weighted by molar-refractivity contribution is -0.384. The fraction of sp³-hybridized carbons (Fsp3) is 0.500. The third-order valence-electron chi connectivity index (χ3n) is 2.51. The fourth-order valence-corrected chi connectivity index (χ4v) is 2.02. The highest BCUT2D eigenvalue weighted by molar-refractivity contribution is 9.10. The minimum absolute atomic E-state index is 0.103. The van der Waals surface area contributed by atoms with E-state index in [2.05, 4.69) is 21.2 Å². The van der Waals surface area contributed by atoms with Gasteiger partial charge in [0.1, 0.15) is 0 Å². The summed E-state index contributed by atoms with van der Waals surface area (Å²) in [4.78, 5) is 10.2. The monoisotopic (exact) mass is 316 g/mol. The molecule has 0 aliphatic carbocycles. The maximum absolute atomic E-state index is 10.6. The Morgan fingerprint density at radius 1 is 1.44 bits per heavy atom. The molecule has 0 unspecified atom stereocenters. The van der Waals surface area contributed by atoms with Crippen LogP contribution in [0.1, 0.15) is 18.4 Å². The van der Waals surface area contributed by atoms with Crippen LogP contribution in [0.4, 0.5) is 5.69 Å². The van der Waals surface area contributed by atoms with Gasteiger partial charge < -0.3 is 10.1 Å². The number of benzene rings is 1. The molecule has 100 valence electrons. The molecule has 18 heavy (non-hydrogen) atoms. The lowest BCUT2D eigenvalue weighted by Crippen LogP contribution is -2.15. The first-order chi connectivity index (χ1) is 8.65. The molecular weight excluding hydrogens is 300 g/mol. The van der Waals surface area contributed by atoms with Crippen molar-refractivity contribution in [2.24, 2.45) is 0 Å². The fourth-order valence-electron chi connectivity index (χ4n) is 1.51. The van der Waals surface area contributed by atoms with Crippen LogP contribution in [0, 0.1) is 10.1 Å². The van der Waals surface area contributed by atoms with Crippen molar-refractivity contribution in [2.45, 2.75) is 19.4 Å². The quantitative estimate of drug-likeness (QED) is 0.455. The smallest absolute Gasteiger partial charge is 0.270 e. The van der Waals surface area contributed by atoms with Crippen LogP contribution in [-0.2, 0) is 11.3 Å². The first-order valence-electron chi connectivity index (χ1n) is 5.77. The average Bonchev–Trinajstić information content (AvgIpc) is 2.35. The summed E-state index contributed by atoms with van der Waals surface area (Å²) in [6.07, 6.45) is 2.09. The molecule has 5 nitrogen and oxygen atoms in total. The molecule has 0 saturated heterocycles. The second-order valence-corrected chi connectivity index (χ2v) is 4.76. The minimum atomic E-state index is -0.396. The molecule has 0 bridgehead atoms. The van der Waals surface area contributed by atoms with Crippen molar-refractivity contribution in [2.75, 3.05) is 20.3 Å². The molecule has 0 aliphatic heterocycles. The Bertz CT molecular complexity index is 399. The van der Waals surface area contributed by atoms with Gasteiger partial charge in [0.2, 0.25) is 0 Å². The number of hydrogen-bond donors (Lipinski definition) is 1. The molecule has 1 aromatic rings. The number of halogens is 1. The van der Waals surface area contributed by atoms with Crippen molar-refractivity contribution in [3.8, 4) is 0 Å². The molecule has 0 saturated carbocycles. The summed E-state index contributed by atoms with van der Waals surface area (Å²) >= 11 is 3.35. The van der Waals surface area contributed by atoms with Gasteiger partial charge in [-0.3, -0.25) is 10.1 Å². The molecule has 0 spiro atoms. The van der Waals surface area contributed by atoms with Gasteiger partial charge in [0.15, 0.2) is 0 Å². The van der Waals surface area contributed by atoms with Crippen molar-refractivity contribution >= 4 is 21.6 Å². The first kappa shape index (κ1) is 15.1. The number of ether oxygens (including phenoxy) is 1. The summed E-state index contributed by atoms with van der Waals surface area (Å²) in [5.41, 5.74) is 1.12. The molecule has 0 fully saturated rings. The molecule has 0 amide bonds. The van der Waals surface area contributed by atoms with Gasteiger partial charge in [-0.25, -0.2) is 0 Å². The highest BCUT2D eigenvalue weighted by Gasteiger charge is 2.08. The molecule has 0 aliphatic rings. The van der Waals surface area contributed by atoms with Gasteiger partial charge in [-0.1, -0.05) is 15.9 Å². The Hall–Kier alpha value is -0.980. The van der Waals surface area contributed by atoms with Crippen LogP contribution in [0.3, 0.4) is 0 Å². The summed E-state index contributed by atoms with van der Waals surface area (Å²) in [6.45, 7) is 2.39. The molecule has 0 atom stereocenters. The van der Waals surface area contributed by atoms with Gasteiger partial charge in [-0.2, -0.15) is 0 Å². The number of hydrogen-bond acceptors (Lipinski definition) is 4. The summed E-state index contributed by atoms with van der Waals surface area (Å²) in [7, 11) is 1.70. The van der Waals surface area contributed by atoms with E-state index < -0.39 is 4.92 Å². The maximum Gasteiger partial charge on any atom is 0.270 e. The highest BCUT2D eigenvalue weighted by atomic mass is 79.9. The number of non-ortho nitro benzene ring substituents is 1. The predicted molar refractivity (Wildman–Crippen MR) is 73.6 cm³/mol. The van der Waals surface area contributed by atoms with Crippen LogP contribution in [0.25, 0.3) is 0 Å². The molecule has 1 aromatic carbocycles. The topological polar surface area (TPSA) is 64.4 Å². The van der Waals surface area contributed by atoms with Crippen LogP contribution < -0.4 is 5.32 Å². The van der Waals surface area contributed by atoms with E-state index in [4.69, 9.17) is 4.74 Å². The van der Waals surface area contributed by atoms with E-state index in [0.717, 1.165) is 36.0 Å². The zero-order valence-corrected chi connectivity index (χ0v) is 11.9. The average molecular weight is 317 g/mol. The van der Waals surface area contributed by atoms with E-state index in [1.165, 1.54) is 12.1 Å². The Balaban J connectivity index is 2.36. The SMILES string of the molecule is COCCCCNCc1ccc([N+](=O)[O-])cc1Br. The predicted octanol–water partition coefficient (Wildman–Crippen LogP) is 2.87. The Morgan fingerprint density at radius 2 is 2.22 bits per heavy atom. The van der Waals surface area contributed by atoms with Crippen molar-refractivity contribution < 1.29 is 9.66 Å². The first-order valence-corrected chi connectivity index (χ1v) is 6.57. The Morgan fingerprint density at radius 3 is 2.83 bits per heavy atom. The zero-order chi connectivity index (χ0) is 13.4. The van der Waals surface area contributed by atoms with E-state index in [-0.39, 0.29) is 5.69 Å². The van der Waals surface area contributed by atoms with Crippen molar-refractivity contribution in [1.82, 2.24) is 5.32 Å². The Kier molecular flexibility index (Phi) is 6.85. The van der Waals surface area contributed by atoms with Gasteiger partial charge in [0, 0.05) is 36.9 Å². The van der Waals surface area contributed by atoms with Crippen LogP contribution in [0.5, 0.6) is 0 Å². The Labute approximate surface area is 115 Å². The molecule has 0 aromatic heterocycles. The number of nitrogens with zero attached hydrogens (tertiary/aromatic N) is 1. The molecule has 0 heterocycles. The van der Waals surface area contributed by atoms with Crippen molar-refractivity contribution in [3.05, 3.63) is 38.3 Å². The third kappa shape index (κ3) is 5.12. The van der Waals surface area contributed by atoms with E-state index >= 15 is 0 Å². The number of methoxy groups -OCH3 is 1. The number of nitrogens with one attached hydrogen (secondary N) is 1. The summed E-state index contributed by atoms with van der Waals surface area (Å²) in [6, 6.07) is 4.82. The van der Waals surface area contributed by atoms with Gasteiger partial charge in [0.25, 0.3) is 5.69 Å². The molecular formula is C12H17BrN2O3. The molecule has 1 N–H and O–H groups in total. The standard InChI is InChI=1S/C12H17BrN2O3/c1-18-7-3-2-6-14-9-10-4-5-11(15(16)17)8-12(10)13/h4-5,8,14H,2-3,6-7,9H2,1H3. The number of unbranched alkanes of at least 4 members (excludes halogenated alkanes) is 1. The second-order valence-electron chi connectivity index (χ2n) is 3.91. The lowest BCUT2D eigenvalue weighted by Gasteiger charge is -2.06. The van der Waals surface area contributed by atoms with Crippen molar-refractivity contribution in [3.63, 3.8) is 0 Å². The van der Waals surface area contributed by atoms with Gasteiger partial charge in [0.05, 0.1) is 4.92 Å². The lowest BCUT2D eigenvalue weighted by atomic mass is 10.2. The highest BCUT2D eigenvalue weighted by Crippen LogP contribution is 2.22. The maximum atomic E-state index is 10.6. The van der Waals surface area contributed by atoms with Crippen molar-refractivity contribution in [1.29, 1.82) is 0 Å². The van der Waals surface area contributed by atoms with Crippen LogP contribution in [-0.4, -0.2) is 25.2 Å². The number of rotatable bonds is 8. The zero-order valence-electron chi connectivity index (χ0n) is 10.3. The van der Waals surface area contributed by atoms with Crippen LogP contribution in [0.15, 0.2) is 22.7 Å². The van der Waals surface area contributed by atoms with E-state index in [1.807, 2.05) is 0 Å².